The zero-order chi connectivity index (χ0) is 11.7. The van der Waals surface area contributed by atoms with Gasteiger partial charge < -0.3 is 0 Å². The monoisotopic (exact) mass is 240 g/mol. The van der Waals surface area contributed by atoms with Gasteiger partial charge in [-0.25, -0.2) is 4.39 Å². The summed E-state index contributed by atoms with van der Waals surface area (Å²) < 4.78 is 45.2. The molecule has 0 fully saturated rings. The quantitative estimate of drug-likeness (QED) is 0.466. The molecule has 0 nitrogen and oxygen atoms in total. The van der Waals surface area contributed by atoms with Crippen molar-refractivity contribution in [2.45, 2.75) is 26.9 Å². The summed E-state index contributed by atoms with van der Waals surface area (Å²) in [6.45, 7) is 4.84. The van der Waals surface area contributed by atoms with Crippen LogP contribution in [0.25, 0.3) is 0 Å². The highest BCUT2D eigenvalue weighted by Crippen LogP contribution is 2.30. The molecule has 0 aromatic carbocycles. The summed E-state index contributed by atoms with van der Waals surface area (Å²) in [5, 5.41) is -0.873. The number of hydrogen-bond donors (Lipinski definition) is 1. The highest BCUT2D eigenvalue weighted by molar-refractivity contribution is 7.79. The van der Waals surface area contributed by atoms with E-state index in [0.29, 0.717) is 0 Å². The van der Waals surface area contributed by atoms with Gasteiger partial charge in [-0.3, -0.25) is 0 Å². The SMILES string of the molecule is C/C(Cl)=C(/F)C(F)(F)F.CC.CS. The third-order valence-corrected chi connectivity index (χ3v) is 0.717. The Morgan fingerprint density at radius 2 is 1.38 bits per heavy atom. The minimum atomic E-state index is -4.94. The molecule has 0 N–H and O–H groups in total. The molecule has 0 aliphatic carbocycles. The Kier molecular flexibility index (Phi) is 14.7. The van der Waals surface area contributed by atoms with Crippen LogP contribution in [-0.4, -0.2) is 12.4 Å². The summed E-state index contributed by atoms with van der Waals surface area (Å²) in [5.41, 5.74) is 0. The summed E-state index contributed by atoms with van der Waals surface area (Å²) in [7, 11) is 0. The molecule has 0 saturated heterocycles. The largest absolute Gasteiger partial charge is 0.444 e. The van der Waals surface area contributed by atoms with E-state index in [9.17, 15) is 17.6 Å². The minimum absolute atomic E-state index is 0.838. The molecule has 0 spiro atoms. The maximum Gasteiger partial charge on any atom is 0.444 e. The van der Waals surface area contributed by atoms with Gasteiger partial charge in [-0.1, -0.05) is 25.4 Å². The number of hydrogen-bond acceptors (Lipinski definition) is 1. The van der Waals surface area contributed by atoms with Gasteiger partial charge in [0.15, 0.2) is 0 Å². The maximum absolute atomic E-state index is 11.7. The molecule has 0 aromatic heterocycles. The van der Waals surface area contributed by atoms with E-state index in [1.165, 1.54) is 0 Å². The fourth-order valence-corrected chi connectivity index (χ4v) is 0.302. The van der Waals surface area contributed by atoms with Crippen molar-refractivity contribution in [3.63, 3.8) is 0 Å². The van der Waals surface area contributed by atoms with E-state index in [-0.39, 0.29) is 0 Å². The molecule has 0 heterocycles. The fourth-order valence-electron chi connectivity index (χ4n) is 0.195. The van der Waals surface area contributed by atoms with Crippen molar-refractivity contribution in [3.05, 3.63) is 10.9 Å². The van der Waals surface area contributed by atoms with Gasteiger partial charge in [-0.2, -0.15) is 25.8 Å². The number of thiol groups is 1. The van der Waals surface area contributed by atoms with E-state index in [0.717, 1.165) is 6.92 Å². The number of rotatable bonds is 0. The molecule has 13 heavy (non-hydrogen) atoms. The van der Waals surface area contributed by atoms with Gasteiger partial charge in [-0.15, -0.1) is 0 Å². The molecular weight excluding hydrogens is 228 g/mol. The lowest BCUT2D eigenvalue weighted by molar-refractivity contribution is -0.109. The molecule has 0 aliphatic rings. The van der Waals surface area contributed by atoms with Gasteiger partial charge in [-0.05, 0) is 13.2 Å². The van der Waals surface area contributed by atoms with Crippen molar-refractivity contribution < 1.29 is 17.6 Å². The van der Waals surface area contributed by atoms with Crippen LogP contribution in [0.1, 0.15) is 20.8 Å². The normalized spacial score (nSPS) is 11.5. The topological polar surface area (TPSA) is 0 Å². The average molecular weight is 241 g/mol. The second-order valence-corrected chi connectivity index (χ2v) is 1.91. The van der Waals surface area contributed by atoms with Crippen molar-refractivity contribution >= 4 is 24.2 Å². The second-order valence-electron chi connectivity index (χ2n) is 1.35. The first-order valence-corrected chi connectivity index (χ1v) is 4.66. The Labute approximate surface area is 86.4 Å². The van der Waals surface area contributed by atoms with Crippen LogP contribution in [0.2, 0.25) is 0 Å². The molecule has 0 unspecified atom stereocenters. The molecule has 82 valence electrons. The predicted octanol–water partition coefficient (Wildman–Crippen LogP) is 4.56. The zero-order valence-electron chi connectivity index (χ0n) is 7.84. The fraction of sp³-hybridized carbons (Fsp3) is 0.714. The van der Waals surface area contributed by atoms with Gasteiger partial charge in [0.1, 0.15) is 0 Å². The van der Waals surface area contributed by atoms with Gasteiger partial charge in [0, 0.05) is 0 Å². The molecule has 6 heteroatoms. The molecule has 0 aromatic rings. The van der Waals surface area contributed by atoms with Crippen LogP contribution in [-0.2, 0) is 0 Å². The predicted molar refractivity (Wildman–Crippen MR) is 52.0 cm³/mol. The Morgan fingerprint density at radius 3 is 1.38 bits per heavy atom. The third kappa shape index (κ3) is 12.1. The number of halogens is 5. The van der Waals surface area contributed by atoms with Crippen LogP contribution in [0.3, 0.4) is 0 Å². The van der Waals surface area contributed by atoms with E-state index >= 15 is 0 Å². The molecular formula is C7H13ClF4S. The van der Waals surface area contributed by atoms with Crippen molar-refractivity contribution in [2.24, 2.45) is 0 Å². The third-order valence-electron chi connectivity index (χ3n) is 0.551. The zero-order valence-corrected chi connectivity index (χ0v) is 9.49. The van der Waals surface area contributed by atoms with Crippen LogP contribution >= 0.6 is 24.2 Å². The Hall–Kier alpha value is 0.1000. The van der Waals surface area contributed by atoms with Gasteiger partial charge in [0.25, 0.3) is 0 Å². The minimum Gasteiger partial charge on any atom is -0.200 e. The first kappa shape index (κ1) is 18.8. The molecule has 0 bridgehead atoms. The average Bonchev–Trinajstić information content (AvgIpc) is 2.08. The van der Waals surface area contributed by atoms with Crippen molar-refractivity contribution in [3.8, 4) is 0 Å². The van der Waals surface area contributed by atoms with Crippen LogP contribution in [0, 0.1) is 0 Å². The summed E-state index contributed by atoms with van der Waals surface area (Å²) in [4.78, 5) is 0. The number of allylic oxidation sites excluding steroid dienone is 2. The first-order valence-electron chi connectivity index (χ1n) is 3.39. The van der Waals surface area contributed by atoms with Crippen LogP contribution in [0.5, 0.6) is 0 Å². The van der Waals surface area contributed by atoms with Gasteiger partial charge in [0.05, 0.1) is 5.03 Å². The van der Waals surface area contributed by atoms with Crippen molar-refractivity contribution in [1.29, 1.82) is 0 Å². The lowest BCUT2D eigenvalue weighted by Crippen LogP contribution is -2.08. The molecule has 0 radical (unpaired) electrons. The lowest BCUT2D eigenvalue weighted by atomic mass is 10.5. The maximum atomic E-state index is 11.7. The van der Waals surface area contributed by atoms with Crippen LogP contribution in [0.4, 0.5) is 17.6 Å². The highest BCUT2D eigenvalue weighted by atomic mass is 35.5. The van der Waals surface area contributed by atoms with E-state index in [4.69, 9.17) is 11.6 Å². The smallest absolute Gasteiger partial charge is 0.200 e. The number of alkyl halides is 3. The Bertz CT molecular complexity index is 138. The van der Waals surface area contributed by atoms with Gasteiger partial charge in [0.2, 0.25) is 5.83 Å². The van der Waals surface area contributed by atoms with Crippen LogP contribution < -0.4 is 0 Å². The molecule has 0 aliphatic heterocycles. The van der Waals surface area contributed by atoms with E-state index in [1.54, 1.807) is 6.26 Å². The highest BCUT2D eigenvalue weighted by Gasteiger charge is 2.35. The summed E-state index contributed by atoms with van der Waals surface area (Å²) in [6.07, 6.45) is -3.24. The lowest BCUT2D eigenvalue weighted by Gasteiger charge is -2.01. The molecule has 0 rings (SSSR count). The van der Waals surface area contributed by atoms with Gasteiger partial charge >= 0.3 is 6.18 Å². The Balaban J connectivity index is -0.000000218. The van der Waals surface area contributed by atoms with E-state index in [2.05, 4.69) is 12.6 Å². The van der Waals surface area contributed by atoms with E-state index < -0.39 is 17.0 Å². The first-order chi connectivity index (χ1) is 5.85. The van der Waals surface area contributed by atoms with Crippen molar-refractivity contribution in [2.75, 3.05) is 6.26 Å². The summed E-state index contributed by atoms with van der Waals surface area (Å²) in [5.74, 6) is -2.23. The Morgan fingerprint density at radius 1 is 1.15 bits per heavy atom. The molecule has 0 atom stereocenters. The van der Waals surface area contributed by atoms with E-state index in [1.807, 2.05) is 13.8 Å². The molecule has 0 saturated carbocycles. The second kappa shape index (κ2) is 10.2. The van der Waals surface area contributed by atoms with Crippen LogP contribution in [0.15, 0.2) is 10.9 Å². The summed E-state index contributed by atoms with van der Waals surface area (Å²) >= 11 is 8.23. The summed E-state index contributed by atoms with van der Waals surface area (Å²) in [6, 6.07) is 0. The standard InChI is InChI=1S/C4H3ClF4.C2H6.CH4S/c1-2(5)3(6)4(7,8)9;2*1-2/h1H3;1-2H3;2H,1H3/b3-2-;;. The molecule has 0 amide bonds. The van der Waals surface area contributed by atoms with Crippen molar-refractivity contribution in [1.82, 2.24) is 0 Å².